The fourth-order valence-electron chi connectivity index (χ4n) is 2.30. The van der Waals surface area contributed by atoms with Gasteiger partial charge in [-0.05, 0) is 32.3 Å². The monoisotopic (exact) mass is 204 g/mol. The van der Waals surface area contributed by atoms with Crippen LogP contribution in [0.5, 0.6) is 0 Å². The normalized spacial score (nSPS) is 26.9. The molecule has 0 aromatic carbocycles. The van der Waals surface area contributed by atoms with E-state index in [0.29, 0.717) is 12.0 Å². The molecule has 0 radical (unpaired) electrons. The summed E-state index contributed by atoms with van der Waals surface area (Å²) in [4.78, 5) is 11.8. The van der Waals surface area contributed by atoms with Gasteiger partial charge in [0.2, 0.25) is 0 Å². The summed E-state index contributed by atoms with van der Waals surface area (Å²) in [7, 11) is 0. The number of carbonyl (C=O) groups is 1. The number of aliphatic hydroxyl groups is 1. The topological polar surface area (TPSA) is 37.3 Å². The molecular weight excluding hydrogens is 188 g/mol. The lowest BCUT2D eigenvalue weighted by Gasteiger charge is -2.22. The number of carbonyl (C=O) groups excluding carboxylic acids is 1. The van der Waals surface area contributed by atoms with Gasteiger partial charge in [0.05, 0.1) is 0 Å². The van der Waals surface area contributed by atoms with E-state index >= 15 is 0 Å². The molecule has 0 aliphatic heterocycles. The molecule has 0 amide bonds. The fourth-order valence-corrected chi connectivity index (χ4v) is 2.30. The summed E-state index contributed by atoms with van der Waals surface area (Å²) in [6, 6.07) is 0. The van der Waals surface area contributed by atoms with Crippen molar-refractivity contribution in [2.75, 3.05) is 0 Å². The maximum atomic E-state index is 11.8. The van der Waals surface area contributed by atoms with Gasteiger partial charge < -0.3 is 5.11 Å². The fraction of sp³-hybridized carbons (Fsp3) is 0.462. The van der Waals surface area contributed by atoms with Crippen molar-refractivity contribution in [2.24, 2.45) is 5.92 Å². The Hall–Kier alpha value is -1.31. The minimum Gasteiger partial charge on any atom is -0.508 e. The smallest absolute Gasteiger partial charge is 0.167 e. The van der Waals surface area contributed by atoms with E-state index in [-0.39, 0.29) is 17.5 Å². The van der Waals surface area contributed by atoms with Crippen LogP contribution >= 0.6 is 0 Å². The molecule has 0 saturated carbocycles. The molecule has 1 atom stereocenters. The van der Waals surface area contributed by atoms with Gasteiger partial charge in [-0.1, -0.05) is 17.7 Å². The Balaban J connectivity index is 2.33. The Kier molecular flexibility index (Phi) is 2.76. The standard InChI is InChI=1S/C13H16O2/c1-9-7-11(14)13(12(15)8-9)10-5-3-2-4-6-10/h3,5,7,10,14H,2,4,6,8H2,1H3. The average molecular weight is 204 g/mol. The second-order valence-electron chi connectivity index (χ2n) is 4.36. The van der Waals surface area contributed by atoms with Crippen LogP contribution in [-0.4, -0.2) is 10.9 Å². The summed E-state index contributed by atoms with van der Waals surface area (Å²) in [6.07, 6.45) is 9.52. The van der Waals surface area contributed by atoms with Crippen molar-refractivity contribution in [3.8, 4) is 0 Å². The highest BCUT2D eigenvalue weighted by atomic mass is 16.3. The molecule has 0 heterocycles. The van der Waals surface area contributed by atoms with Crippen LogP contribution in [0.1, 0.15) is 32.6 Å². The molecule has 2 heteroatoms. The van der Waals surface area contributed by atoms with Gasteiger partial charge >= 0.3 is 0 Å². The van der Waals surface area contributed by atoms with Gasteiger partial charge in [-0.3, -0.25) is 4.79 Å². The number of ketones is 1. The van der Waals surface area contributed by atoms with Crippen molar-refractivity contribution < 1.29 is 9.90 Å². The lowest BCUT2D eigenvalue weighted by atomic mass is 9.82. The van der Waals surface area contributed by atoms with E-state index in [0.717, 1.165) is 24.8 Å². The molecule has 0 aromatic rings. The van der Waals surface area contributed by atoms with Gasteiger partial charge in [-0.2, -0.15) is 0 Å². The van der Waals surface area contributed by atoms with Crippen molar-refractivity contribution in [2.45, 2.75) is 32.6 Å². The quantitative estimate of drug-likeness (QED) is 0.666. The number of Topliss-reactive ketones (excluding diaryl/α,β-unsaturated/α-hetero) is 1. The van der Waals surface area contributed by atoms with Crippen molar-refractivity contribution in [3.63, 3.8) is 0 Å². The third-order valence-corrected chi connectivity index (χ3v) is 3.02. The van der Waals surface area contributed by atoms with Gasteiger partial charge in [0, 0.05) is 17.9 Å². The molecule has 0 bridgehead atoms. The molecule has 2 rings (SSSR count). The molecule has 2 nitrogen and oxygen atoms in total. The van der Waals surface area contributed by atoms with Crippen LogP contribution in [-0.2, 0) is 4.79 Å². The molecule has 0 fully saturated rings. The van der Waals surface area contributed by atoms with Gasteiger partial charge in [-0.15, -0.1) is 0 Å². The zero-order valence-corrected chi connectivity index (χ0v) is 8.99. The van der Waals surface area contributed by atoms with Crippen molar-refractivity contribution in [1.29, 1.82) is 0 Å². The van der Waals surface area contributed by atoms with Gasteiger partial charge in [-0.25, -0.2) is 0 Å². The number of hydrogen-bond acceptors (Lipinski definition) is 2. The molecule has 0 spiro atoms. The first-order valence-electron chi connectivity index (χ1n) is 5.48. The van der Waals surface area contributed by atoms with Crippen molar-refractivity contribution in [1.82, 2.24) is 0 Å². The highest BCUT2D eigenvalue weighted by Crippen LogP contribution is 2.31. The van der Waals surface area contributed by atoms with E-state index < -0.39 is 0 Å². The number of rotatable bonds is 1. The maximum absolute atomic E-state index is 11.8. The molecule has 2 aliphatic rings. The van der Waals surface area contributed by atoms with E-state index in [4.69, 9.17) is 0 Å². The molecular formula is C13H16O2. The second kappa shape index (κ2) is 4.05. The van der Waals surface area contributed by atoms with Crippen LogP contribution in [0.2, 0.25) is 0 Å². The lowest BCUT2D eigenvalue weighted by molar-refractivity contribution is -0.115. The van der Waals surface area contributed by atoms with Crippen LogP contribution in [0, 0.1) is 5.92 Å². The van der Waals surface area contributed by atoms with Crippen LogP contribution in [0.25, 0.3) is 0 Å². The Labute approximate surface area is 90.0 Å². The maximum Gasteiger partial charge on any atom is 0.167 e. The Morgan fingerprint density at radius 1 is 1.47 bits per heavy atom. The predicted molar refractivity (Wildman–Crippen MR) is 59.5 cm³/mol. The predicted octanol–water partition coefficient (Wildman–Crippen LogP) is 3.07. The van der Waals surface area contributed by atoms with E-state index in [2.05, 4.69) is 12.2 Å². The molecule has 1 N–H and O–H groups in total. The van der Waals surface area contributed by atoms with Crippen LogP contribution < -0.4 is 0 Å². The molecule has 2 aliphatic carbocycles. The van der Waals surface area contributed by atoms with Crippen LogP contribution in [0.4, 0.5) is 0 Å². The second-order valence-corrected chi connectivity index (χ2v) is 4.36. The van der Waals surface area contributed by atoms with Gasteiger partial charge in [0.25, 0.3) is 0 Å². The lowest BCUT2D eigenvalue weighted by Crippen LogP contribution is -2.18. The third kappa shape index (κ3) is 2.04. The van der Waals surface area contributed by atoms with Gasteiger partial charge in [0.1, 0.15) is 5.76 Å². The summed E-state index contributed by atoms with van der Waals surface area (Å²) < 4.78 is 0. The summed E-state index contributed by atoms with van der Waals surface area (Å²) in [5.41, 5.74) is 1.57. The molecule has 0 aromatic heterocycles. The van der Waals surface area contributed by atoms with E-state index in [1.807, 2.05) is 6.92 Å². The zero-order valence-electron chi connectivity index (χ0n) is 8.99. The summed E-state index contributed by atoms with van der Waals surface area (Å²) in [5, 5.41) is 9.81. The number of aliphatic hydroxyl groups excluding tert-OH is 1. The Bertz CT molecular complexity index is 372. The largest absolute Gasteiger partial charge is 0.508 e. The first-order valence-corrected chi connectivity index (χ1v) is 5.48. The molecule has 0 saturated heterocycles. The molecule has 15 heavy (non-hydrogen) atoms. The van der Waals surface area contributed by atoms with E-state index in [9.17, 15) is 9.90 Å². The SMILES string of the molecule is CC1=CC(O)=C(C2C=CCCC2)C(=O)C1. The van der Waals surface area contributed by atoms with Gasteiger partial charge in [0.15, 0.2) is 5.78 Å². The Morgan fingerprint density at radius 3 is 2.87 bits per heavy atom. The summed E-state index contributed by atoms with van der Waals surface area (Å²) >= 11 is 0. The van der Waals surface area contributed by atoms with E-state index in [1.165, 1.54) is 0 Å². The van der Waals surface area contributed by atoms with Crippen molar-refractivity contribution >= 4 is 5.78 Å². The third-order valence-electron chi connectivity index (χ3n) is 3.02. The highest BCUT2D eigenvalue weighted by Gasteiger charge is 2.26. The average Bonchev–Trinajstić information content (AvgIpc) is 2.17. The first-order chi connectivity index (χ1) is 7.18. The Morgan fingerprint density at radius 2 is 2.27 bits per heavy atom. The number of hydrogen-bond donors (Lipinski definition) is 1. The van der Waals surface area contributed by atoms with Crippen LogP contribution in [0.3, 0.4) is 0 Å². The van der Waals surface area contributed by atoms with Crippen LogP contribution in [0.15, 0.2) is 35.1 Å². The molecule has 1 unspecified atom stereocenters. The highest BCUT2D eigenvalue weighted by molar-refractivity contribution is 5.99. The molecule has 80 valence electrons. The minimum atomic E-state index is 0.0871. The minimum absolute atomic E-state index is 0.0871. The number of allylic oxidation sites excluding steroid dienone is 5. The van der Waals surface area contributed by atoms with E-state index in [1.54, 1.807) is 6.08 Å². The first kappa shape index (κ1) is 10.2. The van der Waals surface area contributed by atoms with Crippen molar-refractivity contribution in [3.05, 3.63) is 35.1 Å². The summed E-state index contributed by atoms with van der Waals surface area (Å²) in [6.45, 7) is 1.88. The summed E-state index contributed by atoms with van der Waals surface area (Å²) in [5.74, 6) is 0.403. The zero-order chi connectivity index (χ0) is 10.8.